The fourth-order valence-corrected chi connectivity index (χ4v) is 16.5. The minimum absolute atomic E-state index is 0.0395. The fourth-order valence-electron chi connectivity index (χ4n) is 16.5. The van der Waals surface area contributed by atoms with E-state index in [1.807, 2.05) is 29.2 Å². The molecule has 0 saturated heterocycles. The lowest BCUT2D eigenvalue weighted by Gasteiger charge is -2.71. The third-order valence-corrected chi connectivity index (χ3v) is 18.7. The van der Waals surface area contributed by atoms with Gasteiger partial charge in [0.2, 0.25) is 0 Å². The van der Waals surface area contributed by atoms with E-state index in [-0.39, 0.29) is 40.2 Å². The molecule has 0 heterocycles. The molecule has 11 aliphatic rings. The Bertz CT molecular complexity index is 1740. The van der Waals surface area contributed by atoms with Crippen molar-refractivity contribution in [3.05, 3.63) is 48.1 Å². The number of urea groups is 1. The summed E-state index contributed by atoms with van der Waals surface area (Å²) in [6.07, 6.45) is 25.8. The van der Waals surface area contributed by atoms with Gasteiger partial charge in [0.25, 0.3) is 0 Å². The Morgan fingerprint density at radius 3 is 2.11 bits per heavy atom. The number of anilines is 1. The number of benzene rings is 1. The molecule has 2 spiro atoms. The zero-order chi connectivity index (χ0) is 38.0. The van der Waals surface area contributed by atoms with Crippen LogP contribution in [0.3, 0.4) is 0 Å². The van der Waals surface area contributed by atoms with E-state index >= 15 is 4.79 Å². The van der Waals surface area contributed by atoms with Gasteiger partial charge in [0.15, 0.2) is 5.78 Å². The van der Waals surface area contributed by atoms with Crippen molar-refractivity contribution in [2.24, 2.45) is 62.6 Å². The van der Waals surface area contributed by atoms with Crippen LogP contribution in [0.1, 0.15) is 129 Å². The summed E-state index contributed by atoms with van der Waals surface area (Å²) in [4.78, 5) is 31.8. The average molecular weight is 751 g/mol. The fraction of sp³-hybridized carbons (Fsp3) is 0.750. The molecule has 3 N–H and O–H groups in total. The maximum absolute atomic E-state index is 15.0. The van der Waals surface area contributed by atoms with E-state index < -0.39 is 16.4 Å². The second-order valence-corrected chi connectivity index (χ2v) is 21.4. The highest BCUT2D eigenvalue weighted by atomic mass is 16.5. The van der Waals surface area contributed by atoms with Crippen molar-refractivity contribution in [3.8, 4) is 5.75 Å². The van der Waals surface area contributed by atoms with Crippen LogP contribution in [0.5, 0.6) is 5.75 Å². The zero-order valence-corrected chi connectivity index (χ0v) is 33.8. The van der Waals surface area contributed by atoms with Crippen molar-refractivity contribution in [2.45, 2.75) is 141 Å². The molecule has 7 nitrogen and oxygen atoms in total. The van der Waals surface area contributed by atoms with Crippen LogP contribution < -0.4 is 10.1 Å². The number of aliphatic hydroxyl groups is 2. The maximum atomic E-state index is 15.0. The van der Waals surface area contributed by atoms with Crippen LogP contribution in [0.15, 0.2) is 48.1 Å². The number of methoxy groups -OCH3 is 1. The second kappa shape index (κ2) is 12.7. The number of carbonyl (C=O) groups excluding carboxylic acids is 2. The number of nitrogens with zero attached hydrogens (tertiary/aromatic N) is 1. The first-order chi connectivity index (χ1) is 26.3. The van der Waals surface area contributed by atoms with Crippen molar-refractivity contribution < 1.29 is 24.5 Å². The molecule has 8 atom stereocenters. The number of ether oxygens (including phenoxy) is 1. The lowest BCUT2D eigenvalue weighted by atomic mass is 9.32. The first-order valence-electron chi connectivity index (χ1n) is 22.4. The highest BCUT2D eigenvalue weighted by molar-refractivity contribution is 6.00. The van der Waals surface area contributed by atoms with Gasteiger partial charge in [-0.1, -0.05) is 51.3 Å². The first-order valence-corrected chi connectivity index (χ1v) is 22.4. The van der Waals surface area contributed by atoms with Gasteiger partial charge in [-0.05, 0) is 161 Å². The summed E-state index contributed by atoms with van der Waals surface area (Å²) >= 11 is 0. The Balaban J connectivity index is 1.01. The number of aliphatic hydroxyl groups excluding tert-OH is 1. The minimum Gasteiger partial charge on any atom is -0.497 e. The van der Waals surface area contributed by atoms with Gasteiger partial charge in [-0.25, -0.2) is 4.79 Å². The van der Waals surface area contributed by atoms with Crippen molar-refractivity contribution in [1.29, 1.82) is 0 Å². The molecule has 8 saturated carbocycles. The molecule has 12 rings (SSSR count). The van der Waals surface area contributed by atoms with Crippen LogP contribution >= 0.6 is 0 Å². The molecular weight excluding hydrogens is 685 g/mol. The van der Waals surface area contributed by atoms with Gasteiger partial charge >= 0.3 is 6.03 Å². The number of hydrogen-bond acceptors (Lipinski definition) is 5. The van der Waals surface area contributed by atoms with Gasteiger partial charge in [-0.15, -0.1) is 0 Å². The largest absolute Gasteiger partial charge is 0.497 e. The molecular formula is C48H66N2O5. The summed E-state index contributed by atoms with van der Waals surface area (Å²) in [6, 6.07) is 7.47. The van der Waals surface area contributed by atoms with Crippen molar-refractivity contribution >= 4 is 17.5 Å². The Labute approximate surface area is 329 Å². The molecule has 0 radical (unpaired) electrons. The van der Waals surface area contributed by atoms with Gasteiger partial charge in [-0.3, -0.25) is 4.79 Å². The molecule has 55 heavy (non-hydrogen) atoms. The summed E-state index contributed by atoms with van der Waals surface area (Å²) in [5, 5.41) is 27.8. The number of ketones is 1. The van der Waals surface area contributed by atoms with Crippen molar-refractivity contribution in [1.82, 2.24) is 4.90 Å². The molecule has 6 bridgehead atoms. The molecule has 298 valence electrons. The molecule has 8 unspecified atom stereocenters. The molecule has 1 aromatic rings. The molecule has 0 aromatic heterocycles. The number of fused-ring (bicyclic) bond motifs is 1. The summed E-state index contributed by atoms with van der Waals surface area (Å²) in [6.45, 7) is 5.82. The van der Waals surface area contributed by atoms with E-state index in [0.29, 0.717) is 37.6 Å². The van der Waals surface area contributed by atoms with Gasteiger partial charge in [0.1, 0.15) is 5.75 Å². The van der Waals surface area contributed by atoms with Crippen LogP contribution in [0.2, 0.25) is 0 Å². The Morgan fingerprint density at radius 1 is 0.800 bits per heavy atom. The number of hydrogen-bond donors (Lipinski definition) is 3. The van der Waals surface area contributed by atoms with E-state index in [4.69, 9.17) is 4.74 Å². The lowest BCUT2D eigenvalue weighted by molar-refractivity contribution is -0.179. The van der Waals surface area contributed by atoms with Crippen LogP contribution in [0.25, 0.3) is 0 Å². The van der Waals surface area contributed by atoms with E-state index in [9.17, 15) is 15.0 Å². The van der Waals surface area contributed by atoms with Crippen LogP contribution in [-0.4, -0.2) is 58.8 Å². The highest BCUT2D eigenvalue weighted by Crippen LogP contribution is 2.78. The number of carbonyl (C=O) groups is 2. The van der Waals surface area contributed by atoms with E-state index in [1.165, 1.54) is 44.9 Å². The monoisotopic (exact) mass is 750 g/mol. The Hall–Kier alpha value is -2.64. The minimum atomic E-state index is -1.08. The number of rotatable bonds is 8. The van der Waals surface area contributed by atoms with E-state index in [1.54, 1.807) is 7.11 Å². The van der Waals surface area contributed by atoms with Gasteiger partial charge in [-0.2, -0.15) is 0 Å². The smallest absolute Gasteiger partial charge is 0.321 e. The maximum Gasteiger partial charge on any atom is 0.321 e. The predicted molar refractivity (Wildman–Crippen MR) is 214 cm³/mol. The highest BCUT2D eigenvalue weighted by Gasteiger charge is 2.75. The predicted octanol–water partition coefficient (Wildman–Crippen LogP) is 9.49. The molecule has 2 amide bonds. The Morgan fingerprint density at radius 2 is 1.44 bits per heavy atom. The Kier molecular flexibility index (Phi) is 8.46. The molecule has 11 aliphatic carbocycles. The first kappa shape index (κ1) is 36.7. The standard InChI is InChI=1S/C48H66N2O5/c1-43-16-13-36(51)27-46(43)19-20-48(38(28-46)41(52)34-7-5-4-6-8-34)39(43)14-17-44(2)40(48)15-18-47(44,54)30-50(42(53)49-35-9-11-37(55-3)12-10-35)29-45-24-31-21-32(25-45)23-33(22-31)26-45/h9-12,19-20,28,31-34,36,39-40,51,54H,4-8,13-18,21-27,29-30H2,1-3H3,(H,49,53). The van der Waals surface area contributed by atoms with Crippen molar-refractivity contribution in [3.63, 3.8) is 0 Å². The van der Waals surface area contributed by atoms with Crippen LogP contribution in [0.4, 0.5) is 10.5 Å². The van der Waals surface area contributed by atoms with E-state index in [0.717, 1.165) is 92.6 Å². The number of amides is 2. The zero-order valence-electron chi connectivity index (χ0n) is 33.8. The summed E-state index contributed by atoms with van der Waals surface area (Å²) in [5.41, 5.74) is -0.430. The quantitative estimate of drug-likeness (QED) is 0.230. The SMILES string of the molecule is COc1ccc(NC(=O)N(CC23CC4CC(CC(C4)C2)C3)CC2(O)CCC3C45C=CC6(C=C4C(=O)C4CCCCC4)CC(O)CCC6(C)C5CCC32C)cc1. The van der Waals surface area contributed by atoms with E-state index in [2.05, 4.69) is 37.4 Å². The average Bonchev–Trinajstić information content (AvgIpc) is 3.44. The molecule has 1 aromatic carbocycles. The number of Topliss-reactive ketones (excluding diaryl/α,β-unsaturated/α-hetero) is 1. The van der Waals surface area contributed by atoms with Crippen molar-refractivity contribution in [2.75, 3.05) is 25.5 Å². The van der Waals surface area contributed by atoms with Gasteiger partial charge in [0.05, 0.1) is 25.4 Å². The van der Waals surface area contributed by atoms with Crippen LogP contribution in [0, 0.1) is 62.6 Å². The third kappa shape index (κ3) is 5.32. The van der Waals surface area contributed by atoms with Gasteiger partial charge < -0.3 is 25.2 Å². The second-order valence-electron chi connectivity index (χ2n) is 21.4. The molecule has 7 heteroatoms. The topological polar surface area (TPSA) is 99.1 Å². The summed E-state index contributed by atoms with van der Waals surface area (Å²) in [7, 11) is 1.65. The normalized spacial score (nSPS) is 46.4. The number of nitrogens with one attached hydrogen (secondary N) is 1. The summed E-state index contributed by atoms with van der Waals surface area (Å²) < 4.78 is 5.40. The lowest BCUT2D eigenvalue weighted by Crippen LogP contribution is -2.68. The third-order valence-electron chi connectivity index (χ3n) is 18.7. The number of allylic oxidation sites excluding steroid dienone is 4. The van der Waals surface area contributed by atoms with Gasteiger partial charge in [0, 0.05) is 40.0 Å². The molecule has 8 fully saturated rings. The van der Waals surface area contributed by atoms with Crippen LogP contribution in [-0.2, 0) is 4.79 Å². The molecule has 0 aliphatic heterocycles. The summed E-state index contributed by atoms with van der Waals surface area (Å²) in [5.74, 6) is 3.90.